The molecule has 0 aromatic rings. The molecule has 1 saturated heterocycles. The second kappa shape index (κ2) is 4.53. The van der Waals surface area contributed by atoms with Gasteiger partial charge in [0, 0.05) is 17.5 Å². The van der Waals surface area contributed by atoms with Crippen molar-refractivity contribution in [1.29, 1.82) is 0 Å². The molecular formula is C10H19NO2S. The quantitative estimate of drug-likeness (QED) is 0.775. The molecule has 1 fully saturated rings. The van der Waals surface area contributed by atoms with Crippen LogP contribution in [-0.2, 0) is 4.79 Å². The lowest BCUT2D eigenvalue weighted by molar-refractivity contribution is -0.145. The fourth-order valence-electron chi connectivity index (χ4n) is 1.42. The molecule has 1 unspecified atom stereocenters. The largest absolute Gasteiger partial charge is 0.481 e. The third kappa shape index (κ3) is 3.17. The Hall–Kier alpha value is -0.220. The third-order valence-electron chi connectivity index (χ3n) is 2.61. The van der Waals surface area contributed by atoms with Gasteiger partial charge in [0.2, 0.25) is 0 Å². The van der Waals surface area contributed by atoms with Crippen LogP contribution in [0.5, 0.6) is 0 Å². The van der Waals surface area contributed by atoms with Crippen LogP contribution in [-0.4, -0.2) is 47.1 Å². The lowest BCUT2D eigenvalue weighted by Gasteiger charge is -2.20. The molecule has 3 nitrogen and oxygen atoms in total. The van der Waals surface area contributed by atoms with Gasteiger partial charge in [-0.2, -0.15) is 11.8 Å². The Morgan fingerprint density at radius 3 is 2.71 bits per heavy atom. The molecule has 1 atom stereocenters. The van der Waals surface area contributed by atoms with E-state index in [-0.39, 0.29) is 0 Å². The molecule has 0 spiro atoms. The molecule has 82 valence electrons. The van der Waals surface area contributed by atoms with Gasteiger partial charge in [-0.3, -0.25) is 4.79 Å². The lowest BCUT2D eigenvalue weighted by Crippen LogP contribution is -2.27. The highest BCUT2D eigenvalue weighted by Gasteiger charge is 2.29. The van der Waals surface area contributed by atoms with Crippen molar-refractivity contribution < 1.29 is 9.90 Å². The van der Waals surface area contributed by atoms with E-state index in [2.05, 4.69) is 11.9 Å². The molecule has 0 aromatic heterocycles. The topological polar surface area (TPSA) is 40.5 Å². The Bertz CT molecular complexity index is 218. The van der Waals surface area contributed by atoms with Gasteiger partial charge in [0.15, 0.2) is 0 Å². The summed E-state index contributed by atoms with van der Waals surface area (Å²) in [4.78, 5) is 13.2. The monoisotopic (exact) mass is 217 g/mol. The van der Waals surface area contributed by atoms with Gasteiger partial charge in [0.05, 0.1) is 5.41 Å². The van der Waals surface area contributed by atoms with Gasteiger partial charge in [-0.15, -0.1) is 0 Å². The van der Waals surface area contributed by atoms with Crippen LogP contribution in [0.4, 0.5) is 0 Å². The van der Waals surface area contributed by atoms with E-state index in [0.29, 0.717) is 11.0 Å². The van der Waals surface area contributed by atoms with E-state index in [9.17, 15) is 4.79 Å². The number of carboxylic acid groups (broad SMARTS) is 1. The van der Waals surface area contributed by atoms with Gasteiger partial charge in [0.25, 0.3) is 0 Å². The Labute approximate surface area is 89.9 Å². The first-order chi connectivity index (χ1) is 6.42. The minimum Gasteiger partial charge on any atom is -0.481 e. The first kappa shape index (κ1) is 11.9. The maximum absolute atomic E-state index is 10.9. The lowest BCUT2D eigenvalue weighted by atomic mass is 9.97. The predicted octanol–water partition coefficient (Wildman–Crippen LogP) is 1.53. The number of rotatable bonds is 4. The molecule has 1 N–H and O–H groups in total. The van der Waals surface area contributed by atoms with Crippen molar-refractivity contribution in [1.82, 2.24) is 4.90 Å². The van der Waals surface area contributed by atoms with E-state index in [0.717, 1.165) is 13.1 Å². The standard InChI is InChI=1S/C10H19NO2S/c1-10(2,9(12)13)7-14-8-4-5-11(3)6-8/h8H,4-7H2,1-3H3,(H,12,13). The number of likely N-dealkylation sites (tertiary alicyclic amines) is 1. The van der Waals surface area contributed by atoms with Crippen LogP contribution in [0, 0.1) is 5.41 Å². The predicted molar refractivity (Wildman–Crippen MR) is 59.8 cm³/mol. The molecule has 14 heavy (non-hydrogen) atoms. The molecule has 1 heterocycles. The first-order valence-electron chi connectivity index (χ1n) is 4.95. The molecule has 0 bridgehead atoms. The van der Waals surface area contributed by atoms with Crippen LogP contribution in [0.2, 0.25) is 0 Å². The van der Waals surface area contributed by atoms with Gasteiger partial charge in [0.1, 0.15) is 0 Å². The van der Waals surface area contributed by atoms with E-state index >= 15 is 0 Å². The number of aliphatic carboxylic acids is 1. The summed E-state index contributed by atoms with van der Waals surface area (Å²) in [6, 6.07) is 0. The number of hydrogen-bond acceptors (Lipinski definition) is 3. The number of nitrogens with zero attached hydrogens (tertiary/aromatic N) is 1. The van der Waals surface area contributed by atoms with E-state index in [1.54, 1.807) is 25.6 Å². The third-order valence-corrected chi connectivity index (χ3v) is 4.35. The second-order valence-electron chi connectivity index (χ2n) is 4.67. The summed E-state index contributed by atoms with van der Waals surface area (Å²) in [6.07, 6.45) is 1.19. The minimum absolute atomic E-state index is 0.591. The highest BCUT2D eigenvalue weighted by molar-refractivity contribution is 8.00. The van der Waals surface area contributed by atoms with Crippen molar-refractivity contribution in [2.24, 2.45) is 5.41 Å². The second-order valence-corrected chi connectivity index (χ2v) is 5.96. The van der Waals surface area contributed by atoms with Crippen molar-refractivity contribution in [3.63, 3.8) is 0 Å². The van der Waals surface area contributed by atoms with Crippen LogP contribution in [0.25, 0.3) is 0 Å². The average molecular weight is 217 g/mol. The number of carbonyl (C=O) groups is 1. The maximum atomic E-state index is 10.9. The Morgan fingerprint density at radius 1 is 1.64 bits per heavy atom. The maximum Gasteiger partial charge on any atom is 0.309 e. The SMILES string of the molecule is CN1CCC(SCC(C)(C)C(=O)O)C1. The molecular weight excluding hydrogens is 198 g/mol. The molecule has 0 aromatic carbocycles. The number of hydrogen-bond donors (Lipinski definition) is 1. The van der Waals surface area contributed by atoms with Gasteiger partial charge < -0.3 is 10.0 Å². The smallest absolute Gasteiger partial charge is 0.309 e. The van der Waals surface area contributed by atoms with Crippen molar-refractivity contribution >= 4 is 17.7 Å². The van der Waals surface area contributed by atoms with Gasteiger partial charge >= 0.3 is 5.97 Å². The number of carboxylic acids is 1. The van der Waals surface area contributed by atoms with Crippen molar-refractivity contribution in [3.05, 3.63) is 0 Å². The van der Waals surface area contributed by atoms with Gasteiger partial charge in [-0.25, -0.2) is 0 Å². The highest BCUT2D eigenvalue weighted by atomic mass is 32.2. The summed E-state index contributed by atoms with van der Waals surface area (Å²) in [7, 11) is 2.11. The summed E-state index contributed by atoms with van der Waals surface area (Å²) in [5.41, 5.74) is -0.591. The zero-order valence-electron chi connectivity index (χ0n) is 9.12. The fraction of sp³-hybridized carbons (Fsp3) is 0.900. The van der Waals surface area contributed by atoms with Crippen molar-refractivity contribution in [2.75, 3.05) is 25.9 Å². The molecule has 0 aliphatic carbocycles. The van der Waals surface area contributed by atoms with E-state index in [1.165, 1.54) is 6.42 Å². The molecule has 0 saturated carbocycles. The number of thioether (sulfide) groups is 1. The Balaban J connectivity index is 2.30. The zero-order chi connectivity index (χ0) is 10.8. The summed E-state index contributed by atoms with van der Waals surface area (Å²) in [5.74, 6) is 0.0113. The molecule has 0 amide bonds. The van der Waals surface area contributed by atoms with Crippen molar-refractivity contribution in [3.8, 4) is 0 Å². The van der Waals surface area contributed by atoms with E-state index < -0.39 is 11.4 Å². The van der Waals surface area contributed by atoms with E-state index in [1.807, 2.05) is 0 Å². The summed E-state index contributed by atoms with van der Waals surface area (Å²) < 4.78 is 0. The van der Waals surface area contributed by atoms with Crippen LogP contribution in [0.15, 0.2) is 0 Å². The van der Waals surface area contributed by atoms with Gasteiger partial charge in [-0.1, -0.05) is 0 Å². The van der Waals surface area contributed by atoms with Gasteiger partial charge in [-0.05, 0) is 33.9 Å². The normalized spacial score (nSPS) is 24.1. The Kier molecular flexibility index (Phi) is 3.84. The Morgan fingerprint density at radius 2 is 2.29 bits per heavy atom. The van der Waals surface area contributed by atoms with Crippen LogP contribution in [0.3, 0.4) is 0 Å². The van der Waals surface area contributed by atoms with Crippen molar-refractivity contribution in [2.45, 2.75) is 25.5 Å². The van der Waals surface area contributed by atoms with Crippen LogP contribution in [0.1, 0.15) is 20.3 Å². The first-order valence-corrected chi connectivity index (χ1v) is 6.00. The fourth-order valence-corrected chi connectivity index (χ4v) is 2.83. The molecule has 1 aliphatic heterocycles. The van der Waals surface area contributed by atoms with Crippen LogP contribution >= 0.6 is 11.8 Å². The molecule has 1 aliphatic rings. The average Bonchev–Trinajstić information content (AvgIpc) is 2.48. The van der Waals surface area contributed by atoms with Crippen LogP contribution < -0.4 is 0 Å². The van der Waals surface area contributed by atoms with E-state index in [4.69, 9.17) is 5.11 Å². The summed E-state index contributed by atoms with van der Waals surface area (Å²) in [5, 5.41) is 9.57. The highest BCUT2D eigenvalue weighted by Crippen LogP contribution is 2.28. The molecule has 1 rings (SSSR count). The minimum atomic E-state index is -0.698. The summed E-state index contributed by atoms with van der Waals surface area (Å²) in [6.45, 7) is 5.83. The summed E-state index contributed by atoms with van der Waals surface area (Å²) >= 11 is 1.80. The zero-order valence-corrected chi connectivity index (χ0v) is 9.93. The molecule has 4 heteroatoms. The molecule has 0 radical (unpaired) electrons.